The van der Waals surface area contributed by atoms with Crippen molar-refractivity contribution in [3.63, 3.8) is 0 Å². The first-order chi connectivity index (χ1) is 25.8. The predicted molar refractivity (Wildman–Crippen MR) is 231 cm³/mol. The largest absolute Gasteiger partial charge is 0.313 e. The van der Waals surface area contributed by atoms with E-state index >= 15 is 0 Å². The molecule has 274 valence electrons. The maximum absolute atomic E-state index is 5.24. The fourth-order valence-electron chi connectivity index (χ4n) is 6.46. The molecule has 6 heteroatoms. The average molecular weight is 705 g/mol. The number of aliphatic imine (C=N–C) groups is 2. The second-order valence-corrected chi connectivity index (χ2v) is 12.4. The Hall–Kier alpha value is -5.62. The van der Waals surface area contributed by atoms with E-state index in [1.54, 1.807) is 0 Å². The number of nitrogens with zero attached hydrogens (tertiary/aromatic N) is 6. The Morgan fingerprint density at radius 2 is 0.811 bits per heavy atom. The fourth-order valence-corrected chi connectivity index (χ4v) is 6.46. The highest BCUT2D eigenvalue weighted by Gasteiger charge is 2.18. The van der Waals surface area contributed by atoms with Crippen molar-refractivity contribution in [1.29, 1.82) is 0 Å². The summed E-state index contributed by atoms with van der Waals surface area (Å²) in [7, 11) is 2.03. The molecule has 2 aromatic heterocycles. The minimum Gasteiger partial charge on any atom is -0.313 e. The summed E-state index contributed by atoms with van der Waals surface area (Å²) in [5, 5.41) is 4.13. The predicted octanol–water partition coefficient (Wildman–Crippen LogP) is 12.2. The Morgan fingerprint density at radius 1 is 0.491 bits per heavy atom. The maximum Gasteiger partial charge on any atom is 0.142 e. The lowest BCUT2D eigenvalue weighted by Gasteiger charge is -2.12. The number of aromatic nitrogens is 2. The smallest absolute Gasteiger partial charge is 0.142 e. The molecule has 4 aromatic carbocycles. The molecule has 0 aliphatic carbocycles. The van der Waals surface area contributed by atoms with Gasteiger partial charge < -0.3 is 9.13 Å². The summed E-state index contributed by atoms with van der Waals surface area (Å²) < 4.78 is 4.28. The van der Waals surface area contributed by atoms with Crippen LogP contribution in [0.2, 0.25) is 0 Å². The van der Waals surface area contributed by atoms with Gasteiger partial charge in [-0.1, -0.05) is 165 Å². The van der Waals surface area contributed by atoms with Crippen LogP contribution in [0.25, 0.3) is 32.9 Å². The van der Waals surface area contributed by atoms with E-state index < -0.39 is 0 Å². The zero-order valence-electron chi connectivity index (χ0n) is 33.5. The lowest BCUT2D eigenvalue weighted by atomic mass is 10.0. The molecule has 0 saturated carbocycles. The van der Waals surface area contributed by atoms with Gasteiger partial charge in [0, 0.05) is 68.8 Å². The van der Waals surface area contributed by atoms with E-state index in [2.05, 4.69) is 105 Å². The normalized spacial score (nSPS) is 14.4. The zero-order valence-corrected chi connectivity index (χ0v) is 33.5. The molecule has 0 fully saturated rings. The van der Waals surface area contributed by atoms with E-state index in [1.165, 1.54) is 6.42 Å². The van der Waals surface area contributed by atoms with Crippen molar-refractivity contribution < 1.29 is 0 Å². The van der Waals surface area contributed by atoms with Gasteiger partial charge >= 0.3 is 0 Å². The Morgan fingerprint density at radius 3 is 1.17 bits per heavy atom. The Kier molecular flexibility index (Phi) is 14.2. The topological polar surface area (TPSA) is 59.3 Å². The number of rotatable bonds is 2. The Labute approximate surface area is 316 Å². The van der Waals surface area contributed by atoms with Crippen molar-refractivity contribution in [2.75, 3.05) is 0 Å². The van der Waals surface area contributed by atoms with Crippen molar-refractivity contribution >= 4 is 56.0 Å². The molecule has 7 rings (SSSR count). The van der Waals surface area contributed by atoms with Gasteiger partial charge in [-0.25, -0.2) is 20.0 Å². The van der Waals surface area contributed by atoms with E-state index in [0.717, 1.165) is 90.8 Å². The highest BCUT2D eigenvalue weighted by molar-refractivity contribution is 6.10. The molecule has 53 heavy (non-hydrogen) atoms. The maximum atomic E-state index is 5.24. The van der Waals surface area contributed by atoms with Crippen molar-refractivity contribution in [3.8, 4) is 0 Å². The van der Waals surface area contributed by atoms with E-state index in [0.29, 0.717) is 11.4 Å². The standard InChI is InChI=1S/C40H36N6.C3H8.2C2H6/c1-7-24-46-39-35-22-14-15-23-36(35)40(46)44-28(5)32-19-11-9-17-30(32)26(3)42-38-34-21-13-12-20-33(34)37(45(38)6)41-25(2)29-16-8-10-18-31(29)27(4)43-39;1-3-2;2*1-2/h8-23H,4-5,7,24H2,1-3,6H3;3H2,1-2H3;2*1-2H3/b41-25+,42-26+,43-39?,44-40?;;;. The van der Waals surface area contributed by atoms with E-state index in [9.17, 15) is 0 Å². The van der Waals surface area contributed by atoms with Crippen LogP contribution in [0.4, 0.5) is 11.6 Å². The van der Waals surface area contributed by atoms with Crippen LogP contribution in [0.3, 0.4) is 0 Å². The van der Waals surface area contributed by atoms with Crippen LogP contribution in [-0.2, 0) is 13.6 Å². The first kappa shape index (κ1) is 40.2. The molecule has 3 heterocycles. The summed E-state index contributed by atoms with van der Waals surface area (Å²) in [6.07, 6.45) is 2.17. The summed E-state index contributed by atoms with van der Waals surface area (Å²) in [5.74, 6) is 1.69. The highest BCUT2D eigenvalue weighted by atomic mass is 15.1. The third kappa shape index (κ3) is 8.23. The Bertz CT molecular complexity index is 2250. The second kappa shape index (κ2) is 18.7. The van der Waals surface area contributed by atoms with Crippen LogP contribution >= 0.6 is 0 Å². The molecule has 0 N–H and O–H groups in total. The highest BCUT2D eigenvalue weighted by Crippen LogP contribution is 2.38. The monoisotopic (exact) mass is 704 g/mol. The average Bonchev–Trinajstić information content (AvgIpc) is 3.62. The number of benzene rings is 4. The molecular weight excluding hydrogens is 649 g/mol. The number of hydrogen-bond acceptors (Lipinski definition) is 4. The van der Waals surface area contributed by atoms with Crippen molar-refractivity contribution in [3.05, 3.63) is 143 Å². The van der Waals surface area contributed by atoms with E-state index in [4.69, 9.17) is 20.0 Å². The van der Waals surface area contributed by atoms with Crippen molar-refractivity contribution in [2.45, 2.75) is 81.7 Å². The molecule has 0 amide bonds. The van der Waals surface area contributed by atoms with Crippen molar-refractivity contribution in [1.82, 2.24) is 9.13 Å². The SMILES string of the molecule is C=C1N=c2c3ccccc3c(n2CCC)=NC(=C)c2ccccc2/C(C)=N/c2c3ccccc3c(n2C)/N=C(\C)c2ccccc21.CC.CC.CCC. The summed E-state index contributed by atoms with van der Waals surface area (Å²) in [6, 6.07) is 33.1. The van der Waals surface area contributed by atoms with Gasteiger partial charge in [0.25, 0.3) is 0 Å². The Balaban J connectivity index is 0.000000841. The van der Waals surface area contributed by atoms with Gasteiger partial charge in [-0.05, 0) is 20.3 Å². The minimum absolute atomic E-state index is 0.667. The van der Waals surface area contributed by atoms with Crippen LogP contribution in [0.5, 0.6) is 0 Å². The van der Waals surface area contributed by atoms with Gasteiger partial charge in [0.15, 0.2) is 0 Å². The molecule has 0 radical (unpaired) electrons. The third-order valence-corrected chi connectivity index (χ3v) is 8.70. The third-order valence-electron chi connectivity index (χ3n) is 8.70. The lowest BCUT2D eigenvalue weighted by molar-refractivity contribution is 0.634. The molecule has 0 spiro atoms. The molecule has 6 nitrogen and oxygen atoms in total. The van der Waals surface area contributed by atoms with Crippen LogP contribution < -0.4 is 11.0 Å². The first-order valence-corrected chi connectivity index (χ1v) is 19.1. The molecule has 4 bridgehead atoms. The number of fused-ring (bicyclic) bond motifs is 12. The summed E-state index contributed by atoms with van der Waals surface area (Å²) >= 11 is 0. The van der Waals surface area contributed by atoms with Gasteiger partial charge in [0.05, 0.1) is 11.4 Å². The van der Waals surface area contributed by atoms with Gasteiger partial charge in [0.2, 0.25) is 0 Å². The molecule has 0 saturated heterocycles. The van der Waals surface area contributed by atoms with Crippen LogP contribution in [0, 0.1) is 0 Å². The second-order valence-electron chi connectivity index (χ2n) is 12.4. The zero-order chi connectivity index (χ0) is 38.7. The van der Waals surface area contributed by atoms with Crippen LogP contribution in [0.1, 0.15) is 97.4 Å². The van der Waals surface area contributed by atoms with Crippen LogP contribution in [0.15, 0.2) is 130 Å². The van der Waals surface area contributed by atoms with E-state index in [-0.39, 0.29) is 0 Å². The molecule has 1 aliphatic rings. The molecule has 0 unspecified atom stereocenters. The molecule has 0 atom stereocenters. The van der Waals surface area contributed by atoms with E-state index in [1.807, 2.05) is 83.3 Å². The quantitative estimate of drug-likeness (QED) is 0.172. The van der Waals surface area contributed by atoms with Gasteiger partial charge in [0.1, 0.15) is 22.6 Å². The van der Waals surface area contributed by atoms with Gasteiger partial charge in [-0.3, -0.25) is 0 Å². The van der Waals surface area contributed by atoms with Crippen LogP contribution in [-0.4, -0.2) is 20.6 Å². The molecule has 1 aliphatic heterocycles. The number of hydrogen-bond donors (Lipinski definition) is 0. The summed E-state index contributed by atoms with van der Waals surface area (Å²) in [4.78, 5) is 21.0. The van der Waals surface area contributed by atoms with Crippen molar-refractivity contribution in [2.24, 2.45) is 27.0 Å². The lowest BCUT2D eigenvalue weighted by Crippen LogP contribution is -2.27. The van der Waals surface area contributed by atoms with Gasteiger partial charge in [-0.15, -0.1) is 0 Å². The fraction of sp³-hybridized carbons (Fsp3) is 0.277. The summed E-state index contributed by atoms with van der Waals surface area (Å²) in [5.41, 5.74) is 8.58. The first-order valence-electron chi connectivity index (χ1n) is 19.1. The molecule has 6 aromatic rings. The van der Waals surface area contributed by atoms with Gasteiger partial charge in [-0.2, -0.15) is 0 Å². The minimum atomic E-state index is 0.667. The summed E-state index contributed by atoms with van der Waals surface area (Å²) in [6.45, 7) is 28.2. The molecular formula is C47H56N6.